The molecule has 178 valence electrons. The molecule has 5 rings (SSSR count). The van der Waals surface area contributed by atoms with Crippen molar-refractivity contribution in [3.8, 4) is 5.75 Å². The number of nitrogens with zero attached hydrogens (tertiary/aromatic N) is 4. The molecule has 1 aromatic heterocycles. The van der Waals surface area contributed by atoms with E-state index in [0.717, 1.165) is 66.6 Å². The molecule has 2 aliphatic heterocycles. The molecule has 0 amide bonds. The molecule has 1 fully saturated rings. The van der Waals surface area contributed by atoms with Crippen LogP contribution < -0.4 is 16.3 Å². The van der Waals surface area contributed by atoms with Gasteiger partial charge in [-0.15, -0.1) is 0 Å². The third-order valence-corrected chi connectivity index (χ3v) is 8.15. The largest absolute Gasteiger partial charge is 0.497 e. The van der Waals surface area contributed by atoms with E-state index in [1.807, 2.05) is 26.0 Å². The number of hydrogen-bond donors (Lipinski definition) is 2. The number of rotatable bonds is 2. The van der Waals surface area contributed by atoms with E-state index in [1.54, 1.807) is 18.3 Å². The molecule has 0 bridgehead atoms. The van der Waals surface area contributed by atoms with Crippen molar-refractivity contribution < 1.29 is 4.74 Å². The molecule has 2 aromatic rings. The minimum Gasteiger partial charge on any atom is -0.497 e. The van der Waals surface area contributed by atoms with Crippen LogP contribution >= 0.6 is 11.6 Å². The van der Waals surface area contributed by atoms with E-state index < -0.39 is 0 Å². The molecule has 0 radical (unpaired) electrons. The number of likely N-dealkylation sites (tertiary alicyclic amines) is 1. The number of halogens is 1. The van der Waals surface area contributed by atoms with Crippen molar-refractivity contribution in [1.29, 1.82) is 0 Å². The van der Waals surface area contributed by atoms with E-state index in [2.05, 4.69) is 28.6 Å². The van der Waals surface area contributed by atoms with Crippen LogP contribution in [0.4, 0.5) is 0 Å². The Morgan fingerprint density at radius 2 is 1.94 bits per heavy atom. The van der Waals surface area contributed by atoms with Gasteiger partial charge < -0.3 is 15.4 Å². The molecule has 1 atom stereocenters. The van der Waals surface area contributed by atoms with Crippen molar-refractivity contribution >= 4 is 23.1 Å². The number of pyridine rings is 1. The summed E-state index contributed by atoms with van der Waals surface area (Å²) in [5.41, 5.74) is 13.2. The highest BCUT2D eigenvalue weighted by Crippen LogP contribution is 2.51. The van der Waals surface area contributed by atoms with Gasteiger partial charge in [0.1, 0.15) is 5.75 Å². The zero-order valence-corrected chi connectivity index (χ0v) is 20.7. The second-order valence-corrected chi connectivity index (χ2v) is 9.89. The zero-order chi connectivity index (χ0) is 24.2. The summed E-state index contributed by atoms with van der Waals surface area (Å²) in [5.74, 6) is 8.24. The lowest BCUT2D eigenvalue weighted by atomic mass is 9.73. The molecule has 1 spiro atoms. The molecule has 34 heavy (non-hydrogen) atoms. The van der Waals surface area contributed by atoms with Crippen LogP contribution in [0.3, 0.4) is 0 Å². The van der Waals surface area contributed by atoms with E-state index >= 15 is 0 Å². The number of aryl methyl sites for hydroxylation is 1. The number of methoxy groups -OCH3 is 1. The van der Waals surface area contributed by atoms with Gasteiger partial charge in [0.2, 0.25) is 0 Å². The minimum absolute atomic E-state index is 0.0309. The van der Waals surface area contributed by atoms with Gasteiger partial charge in [-0.3, -0.25) is 9.99 Å². The third kappa shape index (κ3) is 3.50. The number of amidine groups is 1. The predicted octanol–water partition coefficient (Wildman–Crippen LogP) is 4.18. The van der Waals surface area contributed by atoms with Gasteiger partial charge in [0.25, 0.3) is 0 Å². The lowest BCUT2D eigenvalue weighted by molar-refractivity contribution is 0.127. The molecule has 3 aliphatic rings. The van der Waals surface area contributed by atoms with Crippen molar-refractivity contribution in [2.75, 3.05) is 20.2 Å². The Morgan fingerprint density at radius 1 is 1.21 bits per heavy atom. The van der Waals surface area contributed by atoms with Crippen LogP contribution in [0, 0.1) is 12.3 Å². The molecule has 8 heteroatoms. The van der Waals surface area contributed by atoms with Gasteiger partial charge in [-0.05, 0) is 67.9 Å². The maximum Gasteiger partial charge on any atom is 0.153 e. The number of aliphatic imine (C=N–C) groups is 1. The summed E-state index contributed by atoms with van der Waals surface area (Å²) in [6.45, 7) is 9.80. The smallest absolute Gasteiger partial charge is 0.153 e. The number of ether oxygens (including phenoxy) is 1. The van der Waals surface area contributed by atoms with Gasteiger partial charge in [-0.2, -0.15) is 0 Å². The standard InChI is InChI=1S/C26H31ClN6O/c1-15-22(27)21(7-10-30-15)23-16(2)31-25(17(3)33(23)29)32-11-8-26(9-12-32)14-18-13-19(34-4)5-6-20(18)24(26)28/h5-7,10,13,24H,3,8-9,11-12,14,28-29H2,1-2,4H3/t24-/m1/s1. The lowest BCUT2D eigenvalue weighted by Gasteiger charge is -2.44. The number of allylic oxidation sites excluding steroid dienone is 1. The van der Waals surface area contributed by atoms with Crippen LogP contribution in [0.2, 0.25) is 5.02 Å². The Labute approximate surface area is 205 Å². The quantitative estimate of drug-likeness (QED) is 0.629. The van der Waals surface area contributed by atoms with E-state index in [9.17, 15) is 0 Å². The van der Waals surface area contributed by atoms with Gasteiger partial charge in [0.05, 0.1) is 34.9 Å². The van der Waals surface area contributed by atoms with Crippen LogP contribution in [-0.4, -0.2) is 40.9 Å². The Kier molecular flexibility index (Phi) is 5.67. The Morgan fingerprint density at radius 3 is 2.65 bits per heavy atom. The fraction of sp³-hybridized carbons (Fsp3) is 0.385. The summed E-state index contributed by atoms with van der Waals surface area (Å²) in [5, 5.41) is 2.18. The summed E-state index contributed by atoms with van der Waals surface area (Å²) in [6, 6.07) is 8.16. The highest BCUT2D eigenvalue weighted by Gasteiger charge is 2.46. The minimum atomic E-state index is 0.0309. The average molecular weight is 479 g/mol. The summed E-state index contributed by atoms with van der Waals surface area (Å²) in [7, 11) is 1.70. The number of piperidine rings is 1. The Bertz CT molecular complexity index is 1230. The summed E-state index contributed by atoms with van der Waals surface area (Å²) in [4.78, 5) is 11.5. The average Bonchev–Trinajstić information content (AvgIpc) is 3.10. The monoisotopic (exact) mass is 478 g/mol. The number of fused-ring (bicyclic) bond motifs is 1. The molecular formula is C26H31ClN6O. The topological polar surface area (TPSA) is 93.0 Å². The molecule has 0 saturated carbocycles. The molecule has 1 aromatic carbocycles. The lowest BCUT2D eigenvalue weighted by Crippen LogP contribution is -2.49. The highest BCUT2D eigenvalue weighted by molar-refractivity contribution is 6.33. The van der Waals surface area contributed by atoms with Gasteiger partial charge in [0.15, 0.2) is 5.84 Å². The maximum atomic E-state index is 6.79. The first-order valence-electron chi connectivity index (χ1n) is 11.6. The van der Waals surface area contributed by atoms with E-state index in [-0.39, 0.29) is 11.5 Å². The van der Waals surface area contributed by atoms with Crippen molar-refractivity contribution in [2.24, 2.45) is 22.0 Å². The first-order valence-corrected chi connectivity index (χ1v) is 12.0. The fourth-order valence-corrected chi connectivity index (χ4v) is 5.84. The number of aromatic nitrogens is 1. The van der Waals surface area contributed by atoms with Gasteiger partial charge in [-0.25, -0.2) is 10.8 Å². The normalized spacial score (nSPS) is 21.8. The zero-order valence-electron chi connectivity index (χ0n) is 19.9. The van der Waals surface area contributed by atoms with Gasteiger partial charge >= 0.3 is 0 Å². The summed E-state index contributed by atoms with van der Waals surface area (Å²) < 4.78 is 5.43. The van der Waals surface area contributed by atoms with E-state index in [1.165, 1.54) is 11.1 Å². The van der Waals surface area contributed by atoms with Crippen molar-refractivity contribution in [3.05, 3.63) is 75.8 Å². The maximum absolute atomic E-state index is 6.79. The first-order chi connectivity index (χ1) is 16.3. The number of hydrazine groups is 1. The van der Waals surface area contributed by atoms with Crippen molar-refractivity contribution in [2.45, 2.75) is 39.2 Å². The fourth-order valence-electron chi connectivity index (χ4n) is 5.64. The molecule has 1 aliphatic carbocycles. The second kappa shape index (κ2) is 8.41. The molecular weight excluding hydrogens is 448 g/mol. The van der Waals surface area contributed by atoms with Crippen LogP contribution in [0.25, 0.3) is 5.70 Å². The van der Waals surface area contributed by atoms with E-state index in [4.69, 9.17) is 32.9 Å². The predicted molar refractivity (Wildman–Crippen MR) is 136 cm³/mol. The van der Waals surface area contributed by atoms with Crippen LogP contribution in [0.15, 0.2) is 53.4 Å². The molecule has 3 heterocycles. The van der Waals surface area contributed by atoms with Crippen LogP contribution in [0.1, 0.15) is 48.2 Å². The molecule has 7 nitrogen and oxygen atoms in total. The second-order valence-electron chi connectivity index (χ2n) is 9.51. The molecule has 4 N–H and O–H groups in total. The SMILES string of the molecule is C=C1C(N2CCC3(CC2)Cc2cc(OC)ccc2[C@H]3N)=NC(C)=C(c2ccnc(C)c2Cl)N1N. The highest BCUT2D eigenvalue weighted by atomic mass is 35.5. The number of benzene rings is 1. The van der Waals surface area contributed by atoms with E-state index in [0.29, 0.717) is 10.7 Å². The summed E-state index contributed by atoms with van der Waals surface area (Å²) in [6.07, 6.45) is 4.67. The van der Waals surface area contributed by atoms with Gasteiger partial charge in [0, 0.05) is 30.9 Å². The third-order valence-electron chi connectivity index (χ3n) is 7.67. The van der Waals surface area contributed by atoms with Crippen molar-refractivity contribution in [1.82, 2.24) is 14.9 Å². The number of hydrogen-bond acceptors (Lipinski definition) is 7. The Hall–Kier alpha value is -2.87. The van der Waals surface area contributed by atoms with Crippen molar-refractivity contribution in [3.63, 3.8) is 0 Å². The first kappa shape index (κ1) is 22.9. The Balaban J connectivity index is 1.39. The summed E-state index contributed by atoms with van der Waals surface area (Å²) >= 11 is 6.54. The molecule has 0 unspecified atom stereocenters. The van der Waals surface area contributed by atoms with Crippen LogP contribution in [0.5, 0.6) is 5.75 Å². The molecule has 1 saturated heterocycles. The number of nitrogens with two attached hydrogens (primary N) is 2. The van der Waals surface area contributed by atoms with Gasteiger partial charge in [-0.1, -0.05) is 24.2 Å². The van der Waals surface area contributed by atoms with Crippen LogP contribution in [-0.2, 0) is 6.42 Å².